The van der Waals surface area contributed by atoms with Crippen LogP contribution in [0.4, 0.5) is 8.78 Å². The van der Waals surface area contributed by atoms with Crippen LogP contribution in [0.1, 0.15) is 5.82 Å². The predicted molar refractivity (Wildman–Crippen MR) is 83.1 cm³/mol. The molecular weight excluding hydrogens is 362 g/mol. The molecule has 1 heterocycles. The van der Waals surface area contributed by atoms with Gasteiger partial charge in [-0.15, -0.1) is 11.6 Å². The molecule has 0 unspecified atom stereocenters. The normalized spacial score (nSPS) is 11.2. The number of imidazole rings is 1. The van der Waals surface area contributed by atoms with E-state index >= 15 is 0 Å². The van der Waals surface area contributed by atoms with Crippen molar-refractivity contribution in [3.63, 3.8) is 0 Å². The van der Waals surface area contributed by atoms with Crippen LogP contribution in [0.25, 0.3) is 16.7 Å². The topological polar surface area (TPSA) is 17.8 Å². The molecule has 1 aromatic heterocycles. The van der Waals surface area contributed by atoms with E-state index in [9.17, 15) is 8.78 Å². The average Bonchev–Trinajstić information content (AvgIpc) is 2.82. The molecule has 0 amide bonds. The monoisotopic (exact) mass is 370 g/mol. The van der Waals surface area contributed by atoms with Crippen LogP contribution in [0.2, 0.25) is 0 Å². The van der Waals surface area contributed by atoms with E-state index in [1.54, 1.807) is 28.8 Å². The quantitative estimate of drug-likeness (QED) is 0.602. The minimum Gasteiger partial charge on any atom is -0.296 e. The van der Waals surface area contributed by atoms with Crippen molar-refractivity contribution in [3.8, 4) is 5.69 Å². The summed E-state index contributed by atoms with van der Waals surface area (Å²) in [4.78, 5) is 4.30. The second-order valence-electron chi connectivity index (χ2n) is 4.51. The Bertz CT molecular complexity index is 817. The summed E-state index contributed by atoms with van der Waals surface area (Å²) < 4.78 is 29.8. The minimum atomic E-state index is -0.403. The van der Waals surface area contributed by atoms with E-state index in [1.165, 1.54) is 12.1 Å². The SMILES string of the molecule is Fc1cc(-n2c(CCCl)nc3c(F)cccc32)ccc1Br. The summed E-state index contributed by atoms with van der Waals surface area (Å²) in [5.41, 5.74) is 1.45. The Hall–Kier alpha value is -1.46. The Kier molecular flexibility index (Phi) is 3.95. The van der Waals surface area contributed by atoms with E-state index in [1.807, 2.05) is 0 Å². The van der Waals surface area contributed by atoms with Crippen molar-refractivity contribution in [2.75, 3.05) is 5.88 Å². The van der Waals surface area contributed by atoms with Gasteiger partial charge in [0.05, 0.1) is 15.7 Å². The van der Waals surface area contributed by atoms with Gasteiger partial charge >= 0.3 is 0 Å². The molecule has 0 N–H and O–H groups in total. The third-order valence-electron chi connectivity index (χ3n) is 3.18. The van der Waals surface area contributed by atoms with E-state index < -0.39 is 5.82 Å². The highest BCUT2D eigenvalue weighted by Crippen LogP contribution is 2.26. The molecule has 0 atom stereocenters. The predicted octanol–water partition coefficient (Wildman–Crippen LogP) is 4.85. The molecule has 21 heavy (non-hydrogen) atoms. The number of aryl methyl sites for hydroxylation is 1. The molecule has 0 bridgehead atoms. The summed E-state index contributed by atoms with van der Waals surface area (Å²) in [5.74, 6) is 0.165. The number of hydrogen-bond acceptors (Lipinski definition) is 1. The molecule has 108 valence electrons. The van der Waals surface area contributed by atoms with Crippen molar-refractivity contribution in [1.82, 2.24) is 9.55 Å². The van der Waals surface area contributed by atoms with Gasteiger partial charge in [0.1, 0.15) is 17.2 Å². The van der Waals surface area contributed by atoms with Gasteiger partial charge < -0.3 is 0 Å². The van der Waals surface area contributed by atoms with Crippen molar-refractivity contribution in [1.29, 1.82) is 0 Å². The summed E-state index contributed by atoms with van der Waals surface area (Å²) in [6.45, 7) is 0. The molecule has 0 fully saturated rings. The number of aromatic nitrogens is 2. The lowest BCUT2D eigenvalue weighted by molar-refractivity contribution is 0.619. The summed E-state index contributed by atoms with van der Waals surface area (Å²) in [6.07, 6.45) is 0.466. The highest BCUT2D eigenvalue weighted by atomic mass is 79.9. The highest BCUT2D eigenvalue weighted by Gasteiger charge is 2.15. The van der Waals surface area contributed by atoms with Gasteiger partial charge in [0.2, 0.25) is 0 Å². The zero-order valence-electron chi connectivity index (χ0n) is 10.8. The van der Waals surface area contributed by atoms with Gasteiger partial charge in [-0.3, -0.25) is 4.57 Å². The number of halogens is 4. The number of benzene rings is 2. The molecule has 0 aliphatic heterocycles. The van der Waals surface area contributed by atoms with E-state index in [0.717, 1.165) is 0 Å². The first kappa shape index (κ1) is 14.5. The maximum atomic E-state index is 13.9. The molecule has 0 saturated heterocycles. The first-order valence-electron chi connectivity index (χ1n) is 6.29. The lowest BCUT2D eigenvalue weighted by atomic mass is 10.2. The van der Waals surface area contributed by atoms with Crippen LogP contribution < -0.4 is 0 Å². The third kappa shape index (κ3) is 2.56. The lowest BCUT2D eigenvalue weighted by Gasteiger charge is -2.09. The molecule has 3 rings (SSSR count). The first-order valence-corrected chi connectivity index (χ1v) is 7.62. The zero-order chi connectivity index (χ0) is 15.0. The van der Waals surface area contributed by atoms with E-state index in [4.69, 9.17) is 11.6 Å². The molecule has 2 aromatic carbocycles. The van der Waals surface area contributed by atoms with Crippen molar-refractivity contribution < 1.29 is 8.78 Å². The number of fused-ring (bicyclic) bond motifs is 1. The van der Waals surface area contributed by atoms with Crippen molar-refractivity contribution in [2.24, 2.45) is 0 Å². The largest absolute Gasteiger partial charge is 0.296 e. The van der Waals surface area contributed by atoms with Gasteiger partial charge in [-0.2, -0.15) is 0 Å². The summed E-state index contributed by atoms with van der Waals surface area (Å²) in [7, 11) is 0. The maximum Gasteiger partial charge on any atom is 0.151 e. The molecule has 0 saturated carbocycles. The van der Waals surface area contributed by atoms with Crippen molar-refractivity contribution in [3.05, 3.63) is 58.3 Å². The third-order valence-corrected chi connectivity index (χ3v) is 4.02. The van der Waals surface area contributed by atoms with Gasteiger partial charge in [0.15, 0.2) is 5.82 Å². The van der Waals surface area contributed by atoms with Gasteiger partial charge in [0, 0.05) is 12.3 Å². The van der Waals surface area contributed by atoms with E-state index in [2.05, 4.69) is 20.9 Å². The lowest BCUT2D eigenvalue weighted by Crippen LogP contribution is -2.02. The fraction of sp³-hybridized carbons (Fsp3) is 0.133. The fourth-order valence-electron chi connectivity index (χ4n) is 2.28. The van der Waals surface area contributed by atoms with Crippen LogP contribution in [-0.2, 0) is 6.42 Å². The summed E-state index contributed by atoms with van der Waals surface area (Å²) in [5, 5.41) is 0. The second kappa shape index (κ2) is 5.73. The molecule has 6 heteroatoms. The molecule has 0 aliphatic carbocycles. The Labute approximate surface area is 133 Å². The minimum absolute atomic E-state index is 0.265. The molecular formula is C15H10BrClF2N2. The summed E-state index contributed by atoms with van der Waals surface area (Å²) >= 11 is 8.91. The number of nitrogens with zero attached hydrogens (tertiary/aromatic N) is 2. The molecule has 2 nitrogen and oxygen atoms in total. The van der Waals surface area contributed by atoms with Gasteiger partial charge in [-0.1, -0.05) is 6.07 Å². The van der Waals surface area contributed by atoms with E-state index in [-0.39, 0.29) is 11.3 Å². The maximum absolute atomic E-state index is 13.9. The summed E-state index contributed by atoms with van der Waals surface area (Å²) in [6, 6.07) is 9.45. The standard InChI is InChI=1S/C15H10BrClF2N2/c16-10-5-4-9(8-12(10)19)21-13-3-1-2-11(18)15(13)20-14(21)6-7-17/h1-5,8H,6-7H2. The number of hydrogen-bond donors (Lipinski definition) is 0. The van der Waals surface area contributed by atoms with Crippen LogP contribution >= 0.6 is 27.5 Å². The number of rotatable bonds is 3. The second-order valence-corrected chi connectivity index (χ2v) is 5.74. The Morgan fingerprint density at radius 1 is 1.14 bits per heavy atom. The number of alkyl halides is 1. The highest BCUT2D eigenvalue weighted by molar-refractivity contribution is 9.10. The number of para-hydroxylation sites is 1. The van der Waals surface area contributed by atoms with Crippen LogP contribution in [0.5, 0.6) is 0 Å². The van der Waals surface area contributed by atoms with Crippen LogP contribution in [0.15, 0.2) is 40.9 Å². The van der Waals surface area contributed by atoms with Gasteiger partial charge in [-0.05, 0) is 46.3 Å². The molecule has 0 radical (unpaired) electrons. The Morgan fingerprint density at radius 3 is 2.67 bits per heavy atom. The van der Waals surface area contributed by atoms with Gasteiger partial charge in [-0.25, -0.2) is 13.8 Å². The Morgan fingerprint density at radius 2 is 1.95 bits per heavy atom. The zero-order valence-corrected chi connectivity index (χ0v) is 13.1. The molecule has 3 aromatic rings. The fourth-order valence-corrected chi connectivity index (χ4v) is 2.69. The van der Waals surface area contributed by atoms with Crippen LogP contribution in [-0.4, -0.2) is 15.4 Å². The molecule has 0 aliphatic rings. The first-order chi connectivity index (χ1) is 10.1. The van der Waals surface area contributed by atoms with Crippen LogP contribution in [0.3, 0.4) is 0 Å². The van der Waals surface area contributed by atoms with E-state index in [0.29, 0.717) is 33.8 Å². The van der Waals surface area contributed by atoms with Gasteiger partial charge in [0.25, 0.3) is 0 Å². The molecule has 0 spiro atoms. The van der Waals surface area contributed by atoms with Crippen LogP contribution in [0, 0.1) is 11.6 Å². The Balaban J connectivity index is 2.30. The van der Waals surface area contributed by atoms with Crippen molar-refractivity contribution in [2.45, 2.75) is 6.42 Å². The smallest absolute Gasteiger partial charge is 0.151 e. The average molecular weight is 372 g/mol. The van der Waals surface area contributed by atoms with Crippen molar-refractivity contribution >= 4 is 38.6 Å².